The van der Waals surface area contributed by atoms with E-state index in [9.17, 15) is 9.59 Å². The van der Waals surface area contributed by atoms with Crippen LogP contribution < -0.4 is 4.90 Å². The van der Waals surface area contributed by atoms with Crippen molar-refractivity contribution in [2.24, 2.45) is 5.92 Å². The lowest BCUT2D eigenvalue weighted by atomic mass is 10.1. The van der Waals surface area contributed by atoms with Crippen LogP contribution in [0.2, 0.25) is 0 Å². The Kier molecular flexibility index (Phi) is 4.07. The van der Waals surface area contributed by atoms with Gasteiger partial charge in [0.1, 0.15) is 0 Å². The van der Waals surface area contributed by atoms with Crippen LogP contribution in [-0.2, 0) is 14.3 Å². The van der Waals surface area contributed by atoms with Gasteiger partial charge in [0, 0.05) is 27.6 Å². The summed E-state index contributed by atoms with van der Waals surface area (Å²) in [7, 11) is 1.34. The van der Waals surface area contributed by atoms with Crippen molar-refractivity contribution in [1.29, 1.82) is 0 Å². The van der Waals surface area contributed by atoms with Crippen molar-refractivity contribution in [2.45, 2.75) is 6.42 Å². The molecule has 0 spiro atoms. The van der Waals surface area contributed by atoms with E-state index in [1.807, 2.05) is 18.2 Å². The molecule has 1 unspecified atom stereocenters. The lowest BCUT2D eigenvalue weighted by Gasteiger charge is -2.17. The zero-order valence-electron chi connectivity index (χ0n) is 9.65. The lowest BCUT2D eigenvalue weighted by Crippen LogP contribution is -2.26. The second kappa shape index (κ2) is 5.40. The van der Waals surface area contributed by atoms with Crippen molar-refractivity contribution >= 4 is 49.4 Å². The van der Waals surface area contributed by atoms with Crippen molar-refractivity contribution in [3.63, 3.8) is 0 Å². The molecule has 4 nitrogen and oxygen atoms in total. The van der Waals surface area contributed by atoms with Gasteiger partial charge in [-0.05, 0) is 18.2 Å². The highest BCUT2D eigenvalue weighted by atomic mass is 79.9. The highest BCUT2D eigenvalue weighted by Gasteiger charge is 2.35. The van der Waals surface area contributed by atoms with Crippen molar-refractivity contribution < 1.29 is 14.3 Å². The number of halogens is 2. The predicted molar refractivity (Wildman–Crippen MR) is 74.3 cm³/mol. The molecule has 18 heavy (non-hydrogen) atoms. The standard InChI is InChI=1S/C12H11Br2NO3/c1-18-12(17)7-2-11(16)15(6-7)10-4-8(13)3-9(14)5-10/h3-5,7H,2,6H2,1H3. The van der Waals surface area contributed by atoms with Crippen LogP contribution in [0.25, 0.3) is 0 Å². The van der Waals surface area contributed by atoms with Crippen LogP contribution >= 0.6 is 31.9 Å². The molecule has 1 heterocycles. The van der Waals surface area contributed by atoms with Crippen LogP contribution in [0, 0.1) is 5.92 Å². The van der Waals surface area contributed by atoms with Gasteiger partial charge >= 0.3 is 5.97 Å². The summed E-state index contributed by atoms with van der Waals surface area (Å²) < 4.78 is 6.43. The molecule has 1 amide bonds. The molecule has 0 N–H and O–H groups in total. The number of nitrogens with zero attached hydrogens (tertiary/aromatic N) is 1. The maximum atomic E-state index is 11.9. The number of carbonyl (C=O) groups excluding carboxylic acids is 2. The second-order valence-corrected chi connectivity index (χ2v) is 5.89. The number of esters is 1. The number of benzene rings is 1. The predicted octanol–water partition coefficient (Wildman–Crippen LogP) is 2.74. The van der Waals surface area contributed by atoms with Crippen molar-refractivity contribution in [3.8, 4) is 0 Å². The number of methoxy groups -OCH3 is 1. The Labute approximate surface area is 122 Å². The second-order valence-electron chi connectivity index (χ2n) is 4.06. The van der Waals surface area contributed by atoms with E-state index in [1.54, 1.807) is 4.90 Å². The van der Waals surface area contributed by atoms with Crippen LogP contribution in [0.3, 0.4) is 0 Å². The SMILES string of the molecule is COC(=O)C1CC(=O)N(c2cc(Br)cc(Br)c2)C1. The van der Waals surface area contributed by atoms with Gasteiger partial charge in [-0.15, -0.1) is 0 Å². The Hall–Kier alpha value is -0.880. The van der Waals surface area contributed by atoms with Crippen LogP contribution in [-0.4, -0.2) is 25.5 Å². The molecular weight excluding hydrogens is 366 g/mol. The lowest BCUT2D eigenvalue weighted by molar-refractivity contribution is -0.145. The minimum Gasteiger partial charge on any atom is -0.469 e. The molecule has 1 aromatic rings. The largest absolute Gasteiger partial charge is 0.469 e. The van der Waals surface area contributed by atoms with E-state index in [4.69, 9.17) is 0 Å². The molecular formula is C12H11Br2NO3. The smallest absolute Gasteiger partial charge is 0.311 e. The zero-order chi connectivity index (χ0) is 13.3. The van der Waals surface area contributed by atoms with E-state index < -0.39 is 0 Å². The topological polar surface area (TPSA) is 46.6 Å². The van der Waals surface area contributed by atoms with E-state index in [0.717, 1.165) is 14.6 Å². The summed E-state index contributed by atoms with van der Waals surface area (Å²) in [5, 5.41) is 0. The Morgan fingerprint density at radius 2 is 1.94 bits per heavy atom. The van der Waals surface area contributed by atoms with Crippen molar-refractivity contribution in [1.82, 2.24) is 0 Å². The van der Waals surface area contributed by atoms with Crippen LogP contribution in [0.1, 0.15) is 6.42 Å². The third kappa shape index (κ3) is 2.75. The summed E-state index contributed by atoms with van der Waals surface area (Å²) in [6.07, 6.45) is 0.205. The first-order chi connectivity index (χ1) is 8.51. The summed E-state index contributed by atoms with van der Waals surface area (Å²) >= 11 is 6.76. The molecule has 1 fully saturated rings. The average molecular weight is 377 g/mol. The third-order valence-electron chi connectivity index (χ3n) is 2.82. The Morgan fingerprint density at radius 3 is 2.50 bits per heavy atom. The quantitative estimate of drug-likeness (QED) is 0.745. The van der Waals surface area contributed by atoms with Crippen LogP contribution in [0.4, 0.5) is 5.69 Å². The molecule has 1 saturated heterocycles. The first kappa shape index (κ1) is 13.5. The van der Waals surface area contributed by atoms with Gasteiger partial charge in [-0.1, -0.05) is 31.9 Å². The average Bonchev–Trinajstić information content (AvgIpc) is 2.69. The maximum Gasteiger partial charge on any atom is 0.311 e. The number of ether oxygens (including phenoxy) is 1. The molecule has 1 aliphatic heterocycles. The van der Waals surface area contributed by atoms with Gasteiger partial charge < -0.3 is 9.64 Å². The highest BCUT2D eigenvalue weighted by molar-refractivity contribution is 9.11. The van der Waals surface area contributed by atoms with Crippen molar-refractivity contribution in [3.05, 3.63) is 27.1 Å². The first-order valence-corrected chi connectivity index (χ1v) is 6.94. The summed E-state index contributed by atoms with van der Waals surface area (Å²) in [4.78, 5) is 25.0. The van der Waals surface area contributed by atoms with Gasteiger partial charge in [0.25, 0.3) is 0 Å². The molecule has 1 aromatic carbocycles. The monoisotopic (exact) mass is 375 g/mol. The molecule has 1 aliphatic rings. The fourth-order valence-corrected chi connectivity index (χ4v) is 3.25. The molecule has 6 heteroatoms. The minimum absolute atomic E-state index is 0.0598. The fraction of sp³-hybridized carbons (Fsp3) is 0.333. The molecule has 2 rings (SSSR count). The Morgan fingerprint density at radius 1 is 1.33 bits per heavy atom. The van der Waals surface area contributed by atoms with E-state index in [2.05, 4.69) is 36.6 Å². The molecule has 0 aromatic heterocycles. The van der Waals surface area contributed by atoms with Crippen molar-refractivity contribution in [2.75, 3.05) is 18.6 Å². The summed E-state index contributed by atoms with van der Waals surface area (Å²) in [6.45, 7) is 0.369. The Bertz CT molecular complexity index is 484. The molecule has 0 bridgehead atoms. The van der Waals surface area contributed by atoms with Gasteiger partial charge in [-0.3, -0.25) is 9.59 Å². The van der Waals surface area contributed by atoms with Gasteiger partial charge in [0.05, 0.1) is 13.0 Å². The van der Waals surface area contributed by atoms with E-state index >= 15 is 0 Å². The molecule has 1 atom stereocenters. The third-order valence-corrected chi connectivity index (χ3v) is 3.73. The summed E-state index contributed by atoms with van der Waals surface area (Å²) in [5.41, 5.74) is 0.771. The summed E-state index contributed by atoms with van der Waals surface area (Å²) in [6, 6.07) is 5.59. The molecule has 96 valence electrons. The van der Waals surface area contributed by atoms with E-state index in [0.29, 0.717) is 6.54 Å². The van der Waals surface area contributed by atoms with Gasteiger partial charge in [-0.2, -0.15) is 0 Å². The number of amides is 1. The highest BCUT2D eigenvalue weighted by Crippen LogP contribution is 2.30. The van der Waals surface area contributed by atoms with Gasteiger partial charge in [0.2, 0.25) is 5.91 Å². The zero-order valence-corrected chi connectivity index (χ0v) is 12.8. The first-order valence-electron chi connectivity index (χ1n) is 5.35. The number of carbonyl (C=O) groups is 2. The number of hydrogen-bond acceptors (Lipinski definition) is 3. The van der Waals surface area contributed by atoms with Crippen LogP contribution in [0.5, 0.6) is 0 Å². The maximum absolute atomic E-state index is 11.9. The minimum atomic E-state index is -0.375. The molecule has 0 saturated carbocycles. The van der Waals surface area contributed by atoms with Gasteiger partial charge in [0.15, 0.2) is 0 Å². The normalized spacial score (nSPS) is 19.2. The molecule has 0 aliphatic carbocycles. The number of rotatable bonds is 2. The number of hydrogen-bond donors (Lipinski definition) is 0. The number of anilines is 1. The van der Waals surface area contributed by atoms with Crippen LogP contribution in [0.15, 0.2) is 27.1 Å². The fourth-order valence-electron chi connectivity index (χ4n) is 1.98. The van der Waals surface area contributed by atoms with Gasteiger partial charge in [-0.25, -0.2) is 0 Å². The molecule has 0 radical (unpaired) electrons. The van der Waals surface area contributed by atoms with E-state index in [1.165, 1.54) is 7.11 Å². The summed E-state index contributed by atoms with van der Waals surface area (Å²) in [5.74, 6) is -0.768. The Balaban J connectivity index is 2.24. The van der Waals surface area contributed by atoms with E-state index in [-0.39, 0.29) is 24.2 Å².